The molecular formula is C23H32KN3O3. The Morgan fingerprint density at radius 3 is 2.33 bits per heavy atom. The third kappa shape index (κ3) is 5.30. The molecule has 1 aromatic carbocycles. The molecule has 7 heteroatoms. The maximum Gasteiger partial charge on any atom is 1.00 e. The van der Waals surface area contributed by atoms with E-state index in [0.29, 0.717) is 19.0 Å². The summed E-state index contributed by atoms with van der Waals surface area (Å²) in [6.07, 6.45) is 6.58. The summed E-state index contributed by atoms with van der Waals surface area (Å²) < 4.78 is 0. The van der Waals surface area contributed by atoms with Crippen LogP contribution in [0, 0.1) is 5.41 Å². The number of likely N-dealkylation sites (tertiary alicyclic amines) is 2. The van der Waals surface area contributed by atoms with Gasteiger partial charge in [0.15, 0.2) is 0 Å². The molecule has 6 nitrogen and oxygen atoms in total. The van der Waals surface area contributed by atoms with Crippen LogP contribution >= 0.6 is 0 Å². The van der Waals surface area contributed by atoms with Gasteiger partial charge in [-0.1, -0.05) is 36.8 Å². The first-order valence-corrected chi connectivity index (χ1v) is 11.0. The summed E-state index contributed by atoms with van der Waals surface area (Å²) >= 11 is 0. The van der Waals surface area contributed by atoms with Crippen LogP contribution in [-0.2, 0) is 4.79 Å². The van der Waals surface area contributed by atoms with Gasteiger partial charge in [-0.05, 0) is 56.4 Å². The molecule has 1 spiro atoms. The van der Waals surface area contributed by atoms with E-state index in [2.05, 4.69) is 41.4 Å². The van der Waals surface area contributed by atoms with Crippen molar-refractivity contribution in [1.29, 1.82) is 0 Å². The predicted octanol–water partition coefficient (Wildman–Crippen LogP) is -0.690. The Hall–Kier alpha value is -0.444. The smallest absolute Gasteiger partial charge is 0.548 e. The monoisotopic (exact) mass is 437 g/mol. The van der Waals surface area contributed by atoms with Gasteiger partial charge >= 0.3 is 57.4 Å². The number of nitrogens with zero attached hydrogens (tertiary/aromatic N) is 2. The van der Waals surface area contributed by atoms with Gasteiger partial charge in [0.05, 0.1) is 12.0 Å². The Morgan fingerprint density at radius 1 is 1.10 bits per heavy atom. The standard InChI is InChI=1S/C23H33N3O3.K/c1-17(18-6-3-2-4-7-18)25-14-9-19(10-15-25)24-22(29)26-16-23(11-5-12-23)13-8-20(26)21(27)28;/h2-4,6-7,17,19-20H,5,8-16H2,1H3,(H,24,29)(H,27,28);/q;+1/p-1. The molecule has 1 saturated carbocycles. The zero-order chi connectivity index (χ0) is 20.4. The summed E-state index contributed by atoms with van der Waals surface area (Å²) in [7, 11) is 0. The van der Waals surface area contributed by atoms with Gasteiger partial charge in [0.2, 0.25) is 0 Å². The number of carbonyl (C=O) groups excluding carboxylic acids is 2. The Balaban J connectivity index is 0.00000256. The molecule has 1 N–H and O–H groups in total. The minimum absolute atomic E-state index is 0. The van der Waals surface area contributed by atoms with Crippen LogP contribution in [0.4, 0.5) is 4.79 Å². The van der Waals surface area contributed by atoms with E-state index >= 15 is 0 Å². The van der Waals surface area contributed by atoms with Gasteiger partial charge in [-0.3, -0.25) is 4.90 Å². The van der Waals surface area contributed by atoms with Gasteiger partial charge in [-0.2, -0.15) is 0 Å². The first-order valence-electron chi connectivity index (χ1n) is 11.0. The minimum Gasteiger partial charge on any atom is -0.548 e. The van der Waals surface area contributed by atoms with Gasteiger partial charge in [0.1, 0.15) is 0 Å². The second kappa shape index (κ2) is 10.4. The van der Waals surface area contributed by atoms with Crippen molar-refractivity contribution >= 4 is 12.0 Å². The molecule has 3 aliphatic rings. The van der Waals surface area contributed by atoms with Gasteiger partial charge in [-0.25, -0.2) is 4.79 Å². The van der Waals surface area contributed by atoms with Crippen LogP contribution in [0.3, 0.4) is 0 Å². The number of urea groups is 1. The molecule has 1 aromatic rings. The molecule has 3 fully saturated rings. The van der Waals surface area contributed by atoms with Gasteiger partial charge in [0, 0.05) is 31.7 Å². The molecule has 2 saturated heterocycles. The van der Waals surface area contributed by atoms with Crippen LogP contribution in [0.15, 0.2) is 30.3 Å². The maximum atomic E-state index is 13.0. The molecule has 0 radical (unpaired) electrons. The van der Waals surface area contributed by atoms with E-state index in [-0.39, 0.29) is 68.9 Å². The van der Waals surface area contributed by atoms with Gasteiger partial charge in [-0.15, -0.1) is 0 Å². The van der Waals surface area contributed by atoms with E-state index in [1.165, 1.54) is 12.0 Å². The van der Waals surface area contributed by atoms with Gasteiger partial charge in [0.25, 0.3) is 0 Å². The topological polar surface area (TPSA) is 75.7 Å². The number of piperidine rings is 2. The number of benzene rings is 1. The molecule has 2 aliphatic heterocycles. The van der Waals surface area contributed by atoms with E-state index in [0.717, 1.165) is 45.2 Å². The molecule has 158 valence electrons. The van der Waals surface area contributed by atoms with Crippen LogP contribution in [0.25, 0.3) is 0 Å². The predicted molar refractivity (Wildman–Crippen MR) is 109 cm³/mol. The van der Waals surface area contributed by atoms with Crippen molar-refractivity contribution in [3.63, 3.8) is 0 Å². The third-order valence-electron chi connectivity index (χ3n) is 7.46. The van der Waals surface area contributed by atoms with E-state index in [1.807, 2.05) is 6.07 Å². The summed E-state index contributed by atoms with van der Waals surface area (Å²) in [5.74, 6) is -1.12. The average Bonchev–Trinajstić information content (AvgIpc) is 2.72. The van der Waals surface area contributed by atoms with E-state index < -0.39 is 12.0 Å². The van der Waals surface area contributed by atoms with Crippen molar-refractivity contribution in [2.24, 2.45) is 5.41 Å². The van der Waals surface area contributed by atoms with E-state index in [9.17, 15) is 14.7 Å². The Bertz CT molecular complexity index is 732. The van der Waals surface area contributed by atoms with Crippen molar-refractivity contribution < 1.29 is 66.1 Å². The quantitative estimate of drug-likeness (QED) is 0.633. The number of rotatable bonds is 4. The number of aliphatic carboxylic acids is 1. The number of hydrogen-bond acceptors (Lipinski definition) is 4. The second-order valence-corrected chi connectivity index (χ2v) is 9.20. The number of carboxylic acids is 1. The first-order chi connectivity index (χ1) is 14.0. The molecule has 2 atom stereocenters. The normalized spacial score (nSPS) is 25.1. The largest absolute Gasteiger partial charge is 1.00 e. The molecule has 1 aliphatic carbocycles. The van der Waals surface area contributed by atoms with Crippen molar-refractivity contribution in [2.75, 3.05) is 19.6 Å². The molecule has 2 amide bonds. The van der Waals surface area contributed by atoms with Crippen molar-refractivity contribution in [2.45, 2.75) is 70.0 Å². The fourth-order valence-corrected chi connectivity index (χ4v) is 5.32. The summed E-state index contributed by atoms with van der Waals surface area (Å²) in [5, 5.41) is 14.7. The van der Waals surface area contributed by atoms with Crippen LogP contribution < -0.4 is 61.8 Å². The zero-order valence-corrected chi connectivity index (χ0v) is 21.4. The molecule has 4 rings (SSSR count). The molecule has 30 heavy (non-hydrogen) atoms. The number of amides is 2. The molecule has 0 aromatic heterocycles. The number of carbonyl (C=O) groups is 2. The minimum atomic E-state index is -1.12. The van der Waals surface area contributed by atoms with E-state index in [4.69, 9.17) is 0 Å². The molecule has 2 unspecified atom stereocenters. The molecule has 2 heterocycles. The van der Waals surface area contributed by atoms with Gasteiger partial charge < -0.3 is 20.1 Å². The van der Waals surface area contributed by atoms with Crippen molar-refractivity contribution in [1.82, 2.24) is 15.1 Å². The fourth-order valence-electron chi connectivity index (χ4n) is 5.32. The molecule has 0 bridgehead atoms. The second-order valence-electron chi connectivity index (χ2n) is 9.20. The van der Waals surface area contributed by atoms with Crippen LogP contribution in [0.5, 0.6) is 0 Å². The summed E-state index contributed by atoms with van der Waals surface area (Å²) in [6, 6.07) is 9.93. The maximum absolute atomic E-state index is 13.0. The SMILES string of the molecule is CC(c1ccccc1)N1CCC(NC(=O)N2CC3(CCC3)CCC2C(=O)[O-])CC1.[K+]. The summed E-state index contributed by atoms with van der Waals surface area (Å²) in [4.78, 5) is 28.6. The van der Waals surface area contributed by atoms with E-state index in [1.54, 1.807) is 4.90 Å². The number of nitrogens with one attached hydrogen (secondary N) is 1. The van der Waals surface area contributed by atoms with Crippen molar-refractivity contribution in [3.8, 4) is 0 Å². The Kier molecular flexibility index (Phi) is 8.43. The van der Waals surface area contributed by atoms with Crippen molar-refractivity contribution in [3.05, 3.63) is 35.9 Å². The van der Waals surface area contributed by atoms with Crippen LogP contribution in [-0.4, -0.2) is 53.5 Å². The molecular weight excluding hydrogens is 405 g/mol. The first kappa shape index (κ1) is 24.2. The third-order valence-corrected chi connectivity index (χ3v) is 7.46. The Morgan fingerprint density at radius 2 is 1.77 bits per heavy atom. The average molecular weight is 438 g/mol. The summed E-state index contributed by atoms with van der Waals surface area (Å²) in [5.41, 5.74) is 1.46. The van der Waals surface area contributed by atoms with Crippen LogP contribution in [0.2, 0.25) is 0 Å². The summed E-state index contributed by atoms with van der Waals surface area (Å²) in [6.45, 7) is 4.63. The Labute approximate surface area is 222 Å². The van der Waals surface area contributed by atoms with Crippen LogP contribution in [0.1, 0.15) is 63.5 Å². The number of hydrogen-bond donors (Lipinski definition) is 1. The zero-order valence-electron chi connectivity index (χ0n) is 18.3. The number of carboxylic acid groups (broad SMARTS) is 1. The fraction of sp³-hybridized carbons (Fsp3) is 0.652.